The number of fused-ring (bicyclic) bond motifs is 1. The van der Waals surface area contributed by atoms with Crippen LogP contribution in [0.15, 0.2) is 48.5 Å². The first kappa shape index (κ1) is 22.3. The molecule has 2 N–H and O–H groups in total. The van der Waals surface area contributed by atoms with Gasteiger partial charge in [-0.2, -0.15) is 0 Å². The van der Waals surface area contributed by atoms with Crippen molar-refractivity contribution in [2.75, 3.05) is 13.2 Å². The summed E-state index contributed by atoms with van der Waals surface area (Å²) in [5.41, 5.74) is 2.75. The minimum Gasteiger partial charge on any atom is -0.494 e. The molecular weight excluding hydrogens is 396 g/mol. The zero-order valence-corrected chi connectivity index (χ0v) is 17.9. The highest BCUT2D eigenvalue weighted by Gasteiger charge is 2.25. The third-order valence-corrected chi connectivity index (χ3v) is 5.18. The summed E-state index contributed by atoms with van der Waals surface area (Å²) < 4.78 is 10.5. The molecule has 31 heavy (non-hydrogen) atoms. The first-order chi connectivity index (χ1) is 15.0. The minimum absolute atomic E-state index is 0.0852. The summed E-state index contributed by atoms with van der Waals surface area (Å²) in [4.78, 5) is 36.8. The van der Waals surface area contributed by atoms with E-state index in [-0.39, 0.29) is 18.5 Å². The maximum atomic E-state index is 12.5. The fourth-order valence-electron chi connectivity index (χ4n) is 3.61. The molecule has 2 aromatic carbocycles. The van der Waals surface area contributed by atoms with E-state index < -0.39 is 18.0 Å². The SMILES string of the molecule is CCOc1ccc(C(=O)NCC(=O)O[C@H](C)C(=O)N[C@H]2CCCc3ccccc32)cc1. The lowest BCUT2D eigenvalue weighted by atomic mass is 9.87. The van der Waals surface area contributed by atoms with Crippen LogP contribution >= 0.6 is 0 Å². The van der Waals surface area contributed by atoms with Crippen LogP contribution in [-0.2, 0) is 20.7 Å². The van der Waals surface area contributed by atoms with Gasteiger partial charge in [0.2, 0.25) is 0 Å². The number of nitrogens with one attached hydrogen (secondary N) is 2. The zero-order chi connectivity index (χ0) is 22.2. The standard InChI is InChI=1S/C24H28N2O5/c1-3-30-19-13-11-18(12-14-19)24(29)25-15-22(27)31-16(2)23(28)26-21-10-6-8-17-7-4-5-9-20(17)21/h4-5,7,9,11-14,16,21H,3,6,8,10,15H2,1-2H3,(H,25,29)(H,26,28)/t16-,21+/m1/s1. The van der Waals surface area contributed by atoms with Crippen LogP contribution < -0.4 is 15.4 Å². The van der Waals surface area contributed by atoms with Crippen molar-refractivity contribution < 1.29 is 23.9 Å². The van der Waals surface area contributed by atoms with Gasteiger partial charge in [0, 0.05) is 5.56 Å². The van der Waals surface area contributed by atoms with Gasteiger partial charge in [-0.05, 0) is 68.5 Å². The van der Waals surface area contributed by atoms with Crippen molar-refractivity contribution in [3.05, 3.63) is 65.2 Å². The summed E-state index contributed by atoms with van der Waals surface area (Å²) in [6.07, 6.45) is 1.89. The van der Waals surface area contributed by atoms with Crippen LogP contribution in [-0.4, -0.2) is 37.0 Å². The second kappa shape index (κ2) is 10.6. The molecule has 2 amide bonds. The van der Waals surface area contributed by atoms with Crippen LogP contribution in [0.2, 0.25) is 0 Å². The normalized spacial score (nSPS) is 15.9. The summed E-state index contributed by atoms with van der Waals surface area (Å²) in [7, 11) is 0. The number of esters is 1. The van der Waals surface area contributed by atoms with Gasteiger partial charge in [-0.3, -0.25) is 14.4 Å². The van der Waals surface area contributed by atoms with Crippen molar-refractivity contribution in [3.63, 3.8) is 0 Å². The van der Waals surface area contributed by atoms with Crippen molar-refractivity contribution >= 4 is 17.8 Å². The van der Waals surface area contributed by atoms with Crippen molar-refractivity contribution in [2.24, 2.45) is 0 Å². The molecule has 0 unspecified atom stereocenters. The summed E-state index contributed by atoms with van der Waals surface area (Å²) in [5, 5.41) is 5.47. The highest BCUT2D eigenvalue weighted by Crippen LogP contribution is 2.29. The van der Waals surface area contributed by atoms with E-state index in [4.69, 9.17) is 9.47 Å². The quantitative estimate of drug-likeness (QED) is 0.636. The molecule has 0 bridgehead atoms. The topological polar surface area (TPSA) is 93.7 Å². The highest BCUT2D eigenvalue weighted by molar-refractivity contribution is 5.96. The maximum absolute atomic E-state index is 12.5. The summed E-state index contributed by atoms with van der Waals surface area (Å²) >= 11 is 0. The lowest BCUT2D eigenvalue weighted by molar-refractivity contribution is -0.154. The third-order valence-electron chi connectivity index (χ3n) is 5.18. The van der Waals surface area contributed by atoms with Crippen LogP contribution in [0.25, 0.3) is 0 Å². The maximum Gasteiger partial charge on any atom is 0.326 e. The fourth-order valence-corrected chi connectivity index (χ4v) is 3.61. The number of ether oxygens (including phenoxy) is 2. The number of carbonyl (C=O) groups excluding carboxylic acids is 3. The largest absolute Gasteiger partial charge is 0.494 e. The Hall–Kier alpha value is -3.35. The Labute approximate surface area is 182 Å². The van der Waals surface area contributed by atoms with Crippen molar-refractivity contribution in [1.82, 2.24) is 10.6 Å². The number of hydrogen-bond acceptors (Lipinski definition) is 5. The lowest BCUT2D eigenvalue weighted by Crippen LogP contribution is -2.41. The van der Waals surface area contributed by atoms with E-state index in [1.54, 1.807) is 24.3 Å². The smallest absolute Gasteiger partial charge is 0.326 e. The number of rotatable bonds is 8. The van der Waals surface area contributed by atoms with E-state index in [2.05, 4.69) is 16.7 Å². The molecule has 0 heterocycles. The molecule has 0 saturated carbocycles. The van der Waals surface area contributed by atoms with Gasteiger partial charge in [0.25, 0.3) is 11.8 Å². The molecule has 1 aliphatic carbocycles. The number of benzene rings is 2. The second-order valence-electron chi connectivity index (χ2n) is 7.42. The Morgan fingerprint density at radius 1 is 1.10 bits per heavy atom. The molecule has 1 aliphatic rings. The summed E-state index contributed by atoms with van der Waals surface area (Å²) in [6.45, 7) is 3.62. The average molecular weight is 424 g/mol. The number of amides is 2. The molecule has 7 nitrogen and oxygen atoms in total. The van der Waals surface area contributed by atoms with Crippen molar-refractivity contribution in [2.45, 2.75) is 45.3 Å². The minimum atomic E-state index is -0.955. The molecule has 3 rings (SSSR count). The van der Waals surface area contributed by atoms with Crippen molar-refractivity contribution in [1.29, 1.82) is 0 Å². The molecule has 164 valence electrons. The monoisotopic (exact) mass is 424 g/mol. The number of aryl methyl sites for hydroxylation is 1. The molecule has 2 atom stereocenters. The molecule has 0 fully saturated rings. The summed E-state index contributed by atoms with van der Waals surface area (Å²) in [6, 6.07) is 14.6. The molecule has 0 aliphatic heterocycles. The number of carbonyl (C=O) groups is 3. The van der Waals surface area contributed by atoms with Gasteiger partial charge in [-0.25, -0.2) is 0 Å². The van der Waals surface area contributed by atoms with E-state index in [9.17, 15) is 14.4 Å². The van der Waals surface area contributed by atoms with Gasteiger partial charge >= 0.3 is 5.97 Å². The van der Waals surface area contributed by atoms with E-state index >= 15 is 0 Å². The average Bonchev–Trinajstić information content (AvgIpc) is 2.78. The Morgan fingerprint density at radius 3 is 2.58 bits per heavy atom. The Bertz CT molecular complexity index is 926. The van der Waals surface area contributed by atoms with Crippen LogP contribution in [0, 0.1) is 0 Å². The second-order valence-corrected chi connectivity index (χ2v) is 7.42. The van der Waals surface area contributed by atoms with E-state index in [1.165, 1.54) is 12.5 Å². The first-order valence-corrected chi connectivity index (χ1v) is 10.6. The third kappa shape index (κ3) is 6.07. The fraction of sp³-hybridized carbons (Fsp3) is 0.375. The van der Waals surface area contributed by atoms with E-state index in [0.29, 0.717) is 17.9 Å². The Balaban J connectivity index is 1.46. The van der Waals surface area contributed by atoms with E-state index in [1.807, 2.05) is 25.1 Å². The summed E-state index contributed by atoms with van der Waals surface area (Å²) in [5.74, 6) is -0.770. The zero-order valence-electron chi connectivity index (χ0n) is 17.9. The molecule has 2 aromatic rings. The first-order valence-electron chi connectivity index (χ1n) is 10.6. The molecule has 0 radical (unpaired) electrons. The molecular formula is C24H28N2O5. The molecule has 7 heteroatoms. The molecule has 0 aromatic heterocycles. The number of hydrogen-bond donors (Lipinski definition) is 2. The highest BCUT2D eigenvalue weighted by atomic mass is 16.5. The van der Waals surface area contributed by atoms with E-state index in [0.717, 1.165) is 24.8 Å². The lowest BCUT2D eigenvalue weighted by Gasteiger charge is -2.27. The van der Waals surface area contributed by atoms with Gasteiger partial charge in [0.15, 0.2) is 6.10 Å². The van der Waals surface area contributed by atoms with Gasteiger partial charge in [-0.1, -0.05) is 24.3 Å². The van der Waals surface area contributed by atoms with Gasteiger partial charge in [-0.15, -0.1) is 0 Å². The van der Waals surface area contributed by atoms with Gasteiger partial charge < -0.3 is 20.1 Å². The molecule has 0 saturated heterocycles. The van der Waals surface area contributed by atoms with Crippen LogP contribution in [0.5, 0.6) is 5.75 Å². The Morgan fingerprint density at radius 2 is 1.84 bits per heavy atom. The van der Waals surface area contributed by atoms with Crippen LogP contribution in [0.1, 0.15) is 54.2 Å². The van der Waals surface area contributed by atoms with Gasteiger partial charge in [0.05, 0.1) is 12.6 Å². The van der Waals surface area contributed by atoms with Crippen LogP contribution in [0.4, 0.5) is 0 Å². The van der Waals surface area contributed by atoms with Gasteiger partial charge in [0.1, 0.15) is 12.3 Å². The molecule has 0 spiro atoms. The Kier molecular flexibility index (Phi) is 7.65. The van der Waals surface area contributed by atoms with Crippen LogP contribution in [0.3, 0.4) is 0 Å². The van der Waals surface area contributed by atoms with Crippen molar-refractivity contribution in [3.8, 4) is 5.75 Å². The predicted molar refractivity (Wildman–Crippen MR) is 116 cm³/mol. The predicted octanol–water partition coefficient (Wildman–Crippen LogP) is 2.94.